The normalized spacial score (nSPS) is 11.7. The molecule has 0 atom stereocenters. The molecule has 1 aromatic carbocycles. The number of fused-ring (bicyclic) bond motifs is 1. The van der Waals surface area contributed by atoms with Crippen molar-refractivity contribution in [1.82, 2.24) is 25.1 Å². The number of rotatable bonds is 3. The number of nitrogens with one attached hydrogen (secondary N) is 2. The van der Waals surface area contributed by atoms with Gasteiger partial charge in [-0.05, 0) is 24.6 Å². The van der Waals surface area contributed by atoms with Gasteiger partial charge in [-0.15, -0.1) is 0 Å². The summed E-state index contributed by atoms with van der Waals surface area (Å²) in [5, 5.41) is 6.55. The van der Waals surface area contributed by atoms with Crippen molar-refractivity contribution < 1.29 is 18.0 Å². The van der Waals surface area contributed by atoms with Crippen LogP contribution in [0.15, 0.2) is 29.1 Å². The fraction of sp³-hybridized carbons (Fsp3) is 0.250. The average molecular weight is 365 g/mol. The summed E-state index contributed by atoms with van der Waals surface area (Å²) in [5.74, 6) is -0.225. The van der Waals surface area contributed by atoms with Gasteiger partial charge in [-0.25, -0.2) is 9.67 Å². The molecule has 7 nitrogen and oxygen atoms in total. The molecule has 2 N–H and O–H groups in total. The molecule has 0 fully saturated rings. The number of hydrogen-bond acceptors (Lipinski definition) is 4. The van der Waals surface area contributed by atoms with Gasteiger partial charge in [0.15, 0.2) is 11.3 Å². The van der Waals surface area contributed by atoms with Gasteiger partial charge in [0, 0.05) is 7.05 Å². The second-order valence-electron chi connectivity index (χ2n) is 5.63. The van der Waals surface area contributed by atoms with Gasteiger partial charge in [-0.3, -0.25) is 9.59 Å². The molecule has 0 saturated heterocycles. The van der Waals surface area contributed by atoms with Crippen molar-refractivity contribution >= 4 is 16.9 Å². The number of aromatic amines is 1. The number of carbonyl (C=O) groups is 1. The van der Waals surface area contributed by atoms with Gasteiger partial charge in [0.25, 0.3) is 11.5 Å². The molecule has 10 heteroatoms. The smallest absolute Gasteiger partial charge is 0.354 e. The van der Waals surface area contributed by atoms with Crippen LogP contribution < -0.4 is 10.9 Å². The van der Waals surface area contributed by atoms with Crippen molar-refractivity contribution in [3.05, 3.63) is 57.3 Å². The monoisotopic (exact) mass is 365 g/mol. The van der Waals surface area contributed by atoms with Crippen molar-refractivity contribution in [1.29, 1.82) is 0 Å². The molecule has 0 radical (unpaired) electrons. The molecule has 0 spiro atoms. The Morgan fingerprint density at radius 3 is 2.50 bits per heavy atom. The lowest BCUT2D eigenvalue weighted by Gasteiger charge is -2.08. The molecule has 0 saturated carbocycles. The van der Waals surface area contributed by atoms with E-state index in [0.717, 1.165) is 12.1 Å². The molecule has 0 aliphatic heterocycles. The van der Waals surface area contributed by atoms with Gasteiger partial charge in [0.1, 0.15) is 11.2 Å². The largest absolute Gasteiger partial charge is 0.416 e. The summed E-state index contributed by atoms with van der Waals surface area (Å²) in [6.07, 6.45) is -4.42. The zero-order valence-corrected chi connectivity index (χ0v) is 13.8. The van der Waals surface area contributed by atoms with E-state index in [1.807, 2.05) is 0 Å². The predicted octanol–water partition coefficient (Wildman–Crippen LogP) is 1.85. The van der Waals surface area contributed by atoms with Crippen LogP contribution in [0.2, 0.25) is 0 Å². The minimum absolute atomic E-state index is 0.0295. The van der Waals surface area contributed by atoms with Gasteiger partial charge in [-0.1, -0.05) is 12.1 Å². The first-order valence-corrected chi connectivity index (χ1v) is 7.56. The number of benzene rings is 1. The van der Waals surface area contributed by atoms with Crippen LogP contribution in [0.5, 0.6) is 0 Å². The quantitative estimate of drug-likeness (QED) is 0.741. The van der Waals surface area contributed by atoms with Crippen LogP contribution in [0.1, 0.15) is 27.4 Å². The van der Waals surface area contributed by atoms with E-state index in [4.69, 9.17) is 0 Å². The highest BCUT2D eigenvalue weighted by atomic mass is 19.4. The fourth-order valence-corrected chi connectivity index (χ4v) is 2.55. The number of halogens is 3. The second-order valence-corrected chi connectivity index (χ2v) is 5.63. The Kier molecular flexibility index (Phi) is 4.26. The molecule has 2 heterocycles. The van der Waals surface area contributed by atoms with Crippen LogP contribution in [-0.4, -0.2) is 32.7 Å². The maximum absolute atomic E-state index is 12.7. The molecule has 0 aliphatic rings. The first kappa shape index (κ1) is 17.6. The highest BCUT2D eigenvalue weighted by molar-refractivity contribution is 6.03. The zero-order valence-electron chi connectivity index (χ0n) is 13.8. The first-order valence-electron chi connectivity index (χ1n) is 7.56. The van der Waals surface area contributed by atoms with Crippen molar-refractivity contribution in [3.63, 3.8) is 0 Å². The van der Waals surface area contributed by atoms with Crippen molar-refractivity contribution in [2.24, 2.45) is 0 Å². The van der Waals surface area contributed by atoms with Gasteiger partial charge in [0.2, 0.25) is 0 Å². The molecule has 26 heavy (non-hydrogen) atoms. The van der Waals surface area contributed by atoms with E-state index in [-0.39, 0.29) is 23.3 Å². The third kappa shape index (κ3) is 3.17. The molecule has 2 aromatic heterocycles. The SMILES string of the molecule is CNC(=O)c1nn(Cc2ccc(C(F)(F)F)cc2)c2nc(C)[nH]c(=O)c12. The van der Waals surface area contributed by atoms with Gasteiger partial charge >= 0.3 is 6.18 Å². The molecule has 1 amide bonds. The van der Waals surface area contributed by atoms with E-state index in [0.29, 0.717) is 11.4 Å². The lowest BCUT2D eigenvalue weighted by molar-refractivity contribution is -0.137. The number of hydrogen-bond donors (Lipinski definition) is 2. The summed E-state index contributed by atoms with van der Waals surface area (Å²) in [6, 6.07) is 4.56. The van der Waals surface area contributed by atoms with Crippen molar-refractivity contribution in [2.45, 2.75) is 19.6 Å². The van der Waals surface area contributed by atoms with E-state index in [1.165, 1.54) is 23.9 Å². The Balaban J connectivity index is 2.08. The Labute approximate surface area is 144 Å². The summed E-state index contributed by atoms with van der Waals surface area (Å²) in [7, 11) is 1.40. The molecular weight excluding hydrogens is 351 g/mol. The Bertz CT molecular complexity index is 1030. The van der Waals surface area contributed by atoms with E-state index in [9.17, 15) is 22.8 Å². The summed E-state index contributed by atoms with van der Waals surface area (Å²) in [6.45, 7) is 1.64. The highest BCUT2D eigenvalue weighted by Gasteiger charge is 2.30. The molecular formula is C16H14F3N5O2. The average Bonchev–Trinajstić information content (AvgIpc) is 2.92. The topological polar surface area (TPSA) is 92.7 Å². The minimum Gasteiger partial charge on any atom is -0.354 e. The molecule has 0 unspecified atom stereocenters. The molecule has 0 aliphatic carbocycles. The summed E-state index contributed by atoms with van der Waals surface area (Å²) < 4.78 is 39.3. The molecule has 3 rings (SSSR count). The van der Waals surface area contributed by atoms with Crippen molar-refractivity contribution in [2.75, 3.05) is 7.05 Å². The maximum Gasteiger partial charge on any atom is 0.416 e. The van der Waals surface area contributed by atoms with E-state index in [2.05, 4.69) is 20.4 Å². The lowest BCUT2D eigenvalue weighted by Crippen LogP contribution is -2.21. The van der Waals surface area contributed by atoms with Crippen LogP contribution >= 0.6 is 0 Å². The summed E-state index contributed by atoms with van der Waals surface area (Å²) in [4.78, 5) is 30.9. The second kappa shape index (κ2) is 6.28. The van der Waals surface area contributed by atoms with Gasteiger partial charge in [-0.2, -0.15) is 18.3 Å². The first-order chi connectivity index (χ1) is 12.2. The summed E-state index contributed by atoms with van der Waals surface area (Å²) >= 11 is 0. The Hall–Kier alpha value is -3.17. The molecule has 3 aromatic rings. The van der Waals surface area contributed by atoms with Crippen LogP contribution in [0.4, 0.5) is 13.2 Å². The lowest BCUT2D eigenvalue weighted by atomic mass is 10.1. The minimum atomic E-state index is -4.42. The number of alkyl halides is 3. The third-order valence-corrected chi connectivity index (χ3v) is 3.78. The van der Waals surface area contributed by atoms with Gasteiger partial charge in [0.05, 0.1) is 12.1 Å². The van der Waals surface area contributed by atoms with Crippen LogP contribution in [-0.2, 0) is 12.7 Å². The van der Waals surface area contributed by atoms with Crippen molar-refractivity contribution in [3.8, 4) is 0 Å². The van der Waals surface area contributed by atoms with E-state index in [1.54, 1.807) is 6.92 Å². The third-order valence-electron chi connectivity index (χ3n) is 3.78. The molecule has 0 bridgehead atoms. The predicted molar refractivity (Wildman–Crippen MR) is 86.8 cm³/mol. The van der Waals surface area contributed by atoms with Crippen LogP contribution in [0.3, 0.4) is 0 Å². The standard InChI is InChI=1S/C16H14F3N5O2/c1-8-21-13-11(14(25)22-8)12(15(26)20-2)23-24(13)7-9-3-5-10(6-4-9)16(17,18)19/h3-6H,7H2,1-2H3,(H,20,26)(H,21,22,25). The van der Waals surface area contributed by atoms with Gasteiger partial charge < -0.3 is 10.3 Å². The number of aromatic nitrogens is 4. The maximum atomic E-state index is 12.7. The number of carbonyl (C=O) groups excluding carboxylic acids is 1. The summed E-state index contributed by atoms with van der Waals surface area (Å²) in [5.41, 5.74) is -0.661. The van der Waals surface area contributed by atoms with E-state index < -0.39 is 23.2 Å². The number of nitrogens with zero attached hydrogens (tertiary/aromatic N) is 3. The number of H-pyrrole nitrogens is 1. The Morgan fingerprint density at radius 1 is 1.27 bits per heavy atom. The fourth-order valence-electron chi connectivity index (χ4n) is 2.55. The number of amides is 1. The van der Waals surface area contributed by atoms with Crippen LogP contribution in [0.25, 0.3) is 11.0 Å². The Morgan fingerprint density at radius 2 is 1.92 bits per heavy atom. The van der Waals surface area contributed by atoms with Crippen LogP contribution in [0, 0.1) is 6.92 Å². The number of aryl methyl sites for hydroxylation is 1. The highest BCUT2D eigenvalue weighted by Crippen LogP contribution is 2.29. The zero-order chi connectivity index (χ0) is 19.1. The molecule has 136 valence electrons. The van der Waals surface area contributed by atoms with E-state index >= 15 is 0 Å².